The van der Waals surface area contributed by atoms with Gasteiger partial charge in [0.05, 0.1) is 20.1 Å². The monoisotopic (exact) mass is 371 g/mol. The van der Waals surface area contributed by atoms with Crippen LogP contribution in [0.1, 0.15) is 24.6 Å². The van der Waals surface area contributed by atoms with Crippen LogP contribution < -0.4 is 4.74 Å². The third-order valence-corrected chi connectivity index (χ3v) is 2.83. The van der Waals surface area contributed by atoms with Gasteiger partial charge in [-0.25, -0.2) is 13.8 Å². The molecule has 100 valence electrons. The number of carbonyl (C=O) groups is 1. The molecule has 1 aromatic rings. The average Bonchev–Trinajstić information content (AvgIpc) is 2.28. The highest BCUT2D eigenvalue weighted by molar-refractivity contribution is 14.1. The summed E-state index contributed by atoms with van der Waals surface area (Å²) in [4.78, 5) is 15.1. The first-order valence-corrected chi connectivity index (χ1v) is 6.24. The summed E-state index contributed by atoms with van der Waals surface area (Å²) in [7, 11) is 1.40. The quantitative estimate of drug-likeness (QED) is 0.454. The van der Waals surface area contributed by atoms with Gasteiger partial charge in [0.15, 0.2) is 5.75 Å². The van der Waals surface area contributed by atoms with Crippen LogP contribution in [0.25, 0.3) is 0 Å². The van der Waals surface area contributed by atoms with Crippen molar-refractivity contribution in [1.82, 2.24) is 4.98 Å². The Hall–Kier alpha value is -0.990. The number of carbonyl (C=O) groups excluding carboxylic acids is 1. The first-order chi connectivity index (χ1) is 8.49. The molecule has 0 aliphatic carbocycles. The molecule has 0 aliphatic heterocycles. The Morgan fingerprint density at radius 3 is 2.72 bits per heavy atom. The second kappa shape index (κ2) is 6.81. The standard InChI is InChI=1S/C11H12F2INO3/c1-3-18-8(16)5-6-4-7(10(12)13)15-11(14)9(6)17-2/h4,10H,3,5H2,1-2H3. The van der Waals surface area contributed by atoms with Gasteiger partial charge in [0.1, 0.15) is 9.39 Å². The maximum absolute atomic E-state index is 12.6. The van der Waals surface area contributed by atoms with Crippen molar-refractivity contribution >= 4 is 28.6 Å². The number of nitrogens with zero attached hydrogens (tertiary/aromatic N) is 1. The lowest BCUT2D eigenvalue weighted by Gasteiger charge is -2.11. The molecular weight excluding hydrogens is 359 g/mol. The second-order valence-electron chi connectivity index (χ2n) is 3.31. The van der Waals surface area contributed by atoms with E-state index in [0.717, 1.165) is 0 Å². The van der Waals surface area contributed by atoms with Gasteiger partial charge in [-0.05, 0) is 35.6 Å². The van der Waals surface area contributed by atoms with Gasteiger partial charge in [-0.15, -0.1) is 0 Å². The summed E-state index contributed by atoms with van der Waals surface area (Å²) in [6, 6.07) is 1.17. The van der Waals surface area contributed by atoms with Gasteiger partial charge in [-0.3, -0.25) is 4.79 Å². The molecule has 0 radical (unpaired) electrons. The van der Waals surface area contributed by atoms with E-state index in [1.807, 2.05) is 0 Å². The van der Waals surface area contributed by atoms with Crippen LogP contribution in [0.3, 0.4) is 0 Å². The zero-order valence-electron chi connectivity index (χ0n) is 9.87. The van der Waals surface area contributed by atoms with Crippen molar-refractivity contribution in [3.63, 3.8) is 0 Å². The van der Waals surface area contributed by atoms with Gasteiger partial charge in [0.2, 0.25) is 0 Å². The highest BCUT2D eigenvalue weighted by Crippen LogP contribution is 2.29. The molecule has 0 saturated heterocycles. The minimum absolute atomic E-state index is 0.116. The SMILES string of the molecule is CCOC(=O)Cc1cc(C(F)F)nc(I)c1OC. The number of rotatable bonds is 5. The Morgan fingerprint density at radius 1 is 1.56 bits per heavy atom. The highest BCUT2D eigenvalue weighted by Gasteiger charge is 2.19. The number of pyridine rings is 1. The molecule has 0 unspecified atom stereocenters. The number of aromatic nitrogens is 1. The first-order valence-electron chi connectivity index (χ1n) is 5.16. The number of esters is 1. The molecule has 7 heteroatoms. The topological polar surface area (TPSA) is 48.4 Å². The maximum atomic E-state index is 12.6. The molecule has 0 bridgehead atoms. The molecule has 0 spiro atoms. The smallest absolute Gasteiger partial charge is 0.310 e. The number of ether oxygens (including phenoxy) is 2. The molecule has 1 heterocycles. The molecule has 0 amide bonds. The Balaban J connectivity index is 3.10. The van der Waals surface area contributed by atoms with Crippen LogP contribution in [0.2, 0.25) is 0 Å². The summed E-state index contributed by atoms with van der Waals surface area (Å²) >= 11 is 1.79. The van der Waals surface area contributed by atoms with E-state index in [4.69, 9.17) is 9.47 Å². The number of alkyl halides is 2. The van der Waals surface area contributed by atoms with Crippen LogP contribution in [-0.2, 0) is 16.0 Å². The van der Waals surface area contributed by atoms with Crippen molar-refractivity contribution in [1.29, 1.82) is 0 Å². The number of halogens is 3. The van der Waals surface area contributed by atoms with Crippen LogP contribution in [0.15, 0.2) is 6.07 Å². The Labute approximate surface area is 117 Å². The number of methoxy groups -OCH3 is 1. The van der Waals surface area contributed by atoms with Crippen LogP contribution in [-0.4, -0.2) is 24.7 Å². The van der Waals surface area contributed by atoms with Gasteiger partial charge in [0.25, 0.3) is 6.43 Å². The molecular formula is C11H12F2INO3. The minimum Gasteiger partial charge on any atom is -0.494 e. The van der Waals surface area contributed by atoms with Gasteiger partial charge in [-0.2, -0.15) is 0 Å². The summed E-state index contributed by atoms with van der Waals surface area (Å²) in [6.07, 6.45) is -2.81. The summed E-state index contributed by atoms with van der Waals surface area (Å²) in [5.41, 5.74) is -0.0230. The van der Waals surface area contributed by atoms with E-state index >= 15 is 0 Å². The van der Waals surface area contributed by atoms with Crippen molar-refractivity contribution in [2.45, 2.75) is 19.8 Å². The highest BCUT2D eigenvalue weighted by atomic mass is 127. The Bertz CT molecular complexity index is 441. The fourth-order valence-electron chi connectivity index (χ4n) is 1.40. The van der Waals surface area contributed by atoms with E-state index in [9.17, 15) is 13.6 Å². The number of hydrogen-bond donors (Lipinski definition) is 0. The summed E-state index contributed by atoms with van der Waals surface area (Å²) in [5.74, 6) is -0.161. The predicted molar refractivity (Wildman–Crippen MR) is 68.8 cm³/mol. The molecule has 0 aromatic carbocycles. The van der Waals surface area contributed by atoms with Crippen LogP contribution in [0.4, 0.5) is 8.78 Å². The largest absolute Gasteiger partial charge is 0.494 e. The maximum Gasteiger partial charge on any atom is 0.310 e. The lowest BCUT2D eigenvalue weighted by atomic mass is 10.1. The summed E-state index contributed by atoms with van der Waals surface area (Å²) in [5, 5.41) is 0. The molecule has 1 rings (SSSR count). The Morgan fingerprint density at radius 2 is 2.22 bits per heavy atom. The molecule has 4 nitrogen and oxygen atoms in total. The molecule has 0 aliphatic rings. The molecule has 0 fully saturated rings. The lowest BCUT2D eigenvalue weighted by molar-refractivity contribution is -0.142. The third kappa shape index (κ3) is 3.76. The van der Waals surface area contributed by atoms with E-state index in [1.54, 1.807) is 29.5 Å². The van der Waals surface area contributed by atoms with E-state index in [2.05, 4.69) is 4.98 Å². The first kappa shape index (κ1) is 15.1. The third-order valence-electron chi connectivity index (χ3n) is 2.10. The van der Waals surface area contributed by atoms with E-state index in [0.29, 0.717) is 15.0 Å². The molecule has 0 N–H and O–H groups in total. The molecule has 0 saturated carbocycles. The minimum atomic E-state index is -2.69. The predicted octanol–water partition coefficient (Wildman–Crippen LogP) is 2.74. The van der Waals surface area contributed by atoms with Crippen LogP contribution in [0.5, 0.6) is 5.75 Å². The van der Waals surface area contributed by atoms with Gasteiger partial charge < -0.3 is 9.47 Å². The zero-order chi connectivity index (χ0) is 13.7. The van der Waals surface area contributed by atoms with Gasteiger partial charge in [-0.1, -0.05) is 0 Å². The van der Waals surface area contributed by atoms with Crippen LogP contribution >= 0.6 is 22.6 Å². The van der Waals surface area contributed by atoms with Crippen molar-refractivity contribution in [2.75, 3.05) is 13.7 Å². The van der Waals surface area contributed by atoms with Crippen molar-refractivity contribution in [2.24, 2.45) is 0 Å². The van der Waals surface area contributed by atoms with Gasteiger partial charge in [0, 0.05) is 5.56 Å². The number of hydrogen-bond acceptors (Lipinski definition) is 4. The fourth-order valence-corrected chi connectivity index (χ4v) is 2.24. The lowest BCUT2D eigenvalue weighted by Crippen LogP contribution is -2.10. The summed E-state index contributed by atoms with van der Waals surface area (Å²) in [6.45, 7) is 1.92. The Kier molecular flexibility index (Phi) is 5.70. The zero-order valence-corrected chi connectivity index (χ0v) is 12.0. The van der Waals surface area contributed by atoms with Gasteiger partial charge >= 0.3 is 5.97 Å². The fraction of sp³-hybridized carbons (Fsp3) is 0.455. The molecule has 1 aromatic heterocycles. The van der Waals surface area contributed by atoms with Crippen molar-refractivity contribution in [3.8, 4) is 5.75 Å². The van der Waals surface area contributed by atoms with Crippen molar-refractivity contribution < 1.29 is 23.0 Å². The van der Waals surface area contributed by atoms with E-state index in [-0.39, 0.29) is 18.7 Å². The summed E-state index contributed by atoms with van der Waals surface area (Å²) < 4.78 is 35.4. The normalized spacial score (nSPS) is 10.6. The second-order valence-corrected chi connectivity index (χ2v) is 4.33. The molecule has 18 heavy (non-hydrogen) atoms. The van der Waals surface area contributed by atoms with E-state index < -0.39 is 12.4 Å². The average molecular weight is 371 g/mol. The van der Waals surface area contributed by atoms with Crippen LogP contribution in [0, 0.1) is 3.70 Å². The van der Waals surface area contributed by atoms with Crippen molar-refractivity contribution in [3.05, 3.63) is 21.0 Å². The van der Waals surface area contributed by atoms with E-state index in [1.165, 1.54) is 13.2 Å². The molecule has 0 atom stereocenters.